The quantitative estimate of drug-likeness (QED) is 0.773. The molecule has 1 amide bonds. The van der Waals surface area contributed by atoms with E-state index in [1.165, 1.54) is 0 Å². The van der Waals surface area contributed by atoms with E-state index in [2.05, 4.69) is 10.3 Å². The number of carbonyl (C=O) groups is 2. The van der Waals surface area contributed by atoms with Crippen LogP contribution in [0.15, 0.2) is 36.7 Å². The lowest BCUT2D eigenvalue weighted by atomic mass is 9.82. The Kier molecular flexibility index (Phi) is 3.23. The van der Waals surface area contributed by atoms with Crippen molar-refractivity contribution in [1.29, 1.82) is 0 Å². The van der Waals surface area contributed by atoms with Crippen LogP contribution in [0.5, 0.6) is 0 Å². The number of fused-ring (bicyclic) bond motifs is 2. The van der Waals surface area contributed by atoms with E-state index in [1.54, 1.807) is 36.7 Å². The molecule has 1 fully saturated rings. The zero-order valence-electron chi connectivity index (χ0n) is 10.6. The number of hydrogen-bond acceptors (Lipinski definition) is 4. The number of rotatable bonds is 4. The van der Waals surface area contributed by atoms with Gasteiger partial charge in [0, 0.05) is 18.9 Å². The molecule has 3 rings (SSSR count). The van der Waals surface area contributed by atoms with Gasteiger partial charge in [-0.15, -0.1) is 0 Å². The van der Waals surface area contributed by atoms with Gasteiger partial charge in [0.05, 0.1) is 18.1 Å². The maximum atomic E-state index is 12.2. The number of aliphatic carboxylic acids is 1. The van der Waals surface area contributed by atoms with Crippen molar-refractivity contribution in [2.45, 2.75) is 18.8 Å². The topological polar surface area (TPSA) is 88.5 Å². The van der Waals surface area contributed by atoms with Crippen molar-refractivity contribution in [1.82, 2.24) is 10.3 Å². The lowest BCUT2D eigenvalue weighted by Crippen LogP contribution is -2.42. The summed E-state index contributed by atoms with van der Waals surface area (Å²) in [5.74, 6) is -2.75. The third-order valence-electron chi connectivity index (χ3n) is 3.70. The first-order valence-electron chi connectivity index (χ1n) is 6.40. The zero-order valence-corrected chi connectivity index (χ0v) is 10.6. The van der Waals surface area contributed by atoms with E-state index < -0.39 is 30.0 Å². The number of nitrogens with one attached hydrogen (secondary N) is 1. The van der Waals surface area contributed by atoms with E-state index >= 15 is 0 Å². The van der Waals surface area contributed by atoms with Gasteiger partial charge in [0.1, 0.15) is 5.92 Å². The second-order valence-electron chi connectivity index (χ2n) is 4.91. The van der Waals surface area contributed by atoms with Crippen LogP contribution in [0.4, 0.5) is 0 Å². The second-order valence-corrected chi connectivity index (χ2v) is 4.91. The number of pyridine rings is 1. The first kappa shape index (κ1) is 12.8. The smallest absolute Gasteiger partial charge is 0.310 e. The molecule has 0 aromatic carbocycles. The summed E-state index contributed by atoms with van der Waals surface area (Å²) in [6.07, 6.45) is 5.85. The Morgan fingerprint density at radius 1 is 1.20 bits per heavy atom. The Hall–Kier alpha value is -2.21. The normalized spacial score (nSPS) is 30.4. The molecule has 2 aliphatic rings. The summed E-state index contributed by atoms with van der Waals surface area (Å²) < 4.78 is 5.47. The zero-order chi connectivity index (χ0) is 14.1. The van der Waals surface area contributed by atoms with Crippen molar-refractivity contribution >= 4 is 11.9 Å². The van der Waals surface area contributed by atoms with Crippen LogP contribution >= 0.6 is 0 Å². The molecule has 3 heterocycles. The number of aromatic nitrogens is 1. The molecule has 6 nitrogen and oxygen atoms in total. The second kappa shape index (κ2) is 5.05. The maximum absolute atomic E-state index is 12.2. The molecule has 0 aliphatic carbocycles. The number of amides is 1. The van der Waals surface area contributed by atoms with Crippen LogP contribution in [0, 0.1) is 11.8 Å². The largest absolute Gasteiger partial charge is 0.481 e. The molecule has 0 saturated carbocycles. The van der Waals surface area contributed by atoms with E-state index in [4.69, 9.17) is 4.74 Å². The Morgan fingerprint density at radius 3 is 2.50 bits per heavy atom. The number of carbonyl (C=O) groups excluding carboxylic acids is 1. The van der Waals surface area contributed by atoms with Crippen molar-refractivity contribution < 1.29 is 19.4 Å². The van der Waals surface area contributed by atoms with Crippen LogP contribution in [-0.2, 0) is 20.9 Å². The van der Waals surface area contributed by atoms with Crippen LogP contribution < -0.4 is 5.32 Å². The Bertz CT molecular complexity index is 558. The maximum Gasteiger partial charge on any atom is 0.310 e. The molecule has 0 unspecified atom stereocenters. The molecule has 6 heteroatoms. The predicted molar refractivity (Wildman–Crippen MR) is 68.5 cm³/mol. The Balaban J connectivity index is 1.68. The summed E-state index contributed by atoms with van der Waals surface area (Å²) in [5, 5.41) is 12.0. The van der Waals surface area contributed by atoms with Crippen LogP contribution in [0.1, 0.15) is 5.56 Å². The van der Waals surface area contributed by atoms with Gasteiger partial charge < -0.3 is 15.2 Å². The number of hydrogen-bond donors (Lipinski definition) is 2. The van der Waals surface area contributed by atoms with E-state index in [0.29, 0.717) is 6.54 Å². The molecule has 20 heavy (non-hydrogen) atoms. The highest BCUT2D eigenvalue weighted by molar-refractivity contribution is 5.87. The minimum Gasteiger partial charge on any atom is -0.481 e. The van der Waals surface area contributed by atoms with E-state index in [1.807, 2.05) is 0 Å². The summed E-state index contributed by atoms with van der Waals surface area (Å²) in [6.45, 7) is 0.352. The predicted octanol–water partition coefficient (Wildman–Crippen LogP) is 0.352. The molecule has 4 atom stereocenters. The van der Waals surface area contributed by atoms with Gasteiger partial charge >= 0.3 is 5.97 Å². The molecule has 1 aromatic rings. The van der Waals surface area contributed by atoms with Gasteiger partial charge in [0.2, 0.25) is 5.91 Å². The van der Waals surface area contributed by atoms with Gasteiger partial charge in [-0.25, -0.2) is 0 Å². The number of nitrogens with zero attached hydrogens (tertiary/aromatic N) is 1. The highest BCUT2D eigenvalue weighted by Crippen LogP contribution is 2.39. The highest BCUT2D eigenvalue weighted by Gasteiger charge is 2.53. The van der Waals surface area contributed by atoms with Crippen molar-refractivity contribution in [3.8, 4) is 0 Å². The molecule has 2 aliphatic heterocycles. The minimum atomic E-state index is -0.995. The van der Waals surface area contributed by atoms with Crippen molar-refractivity contribution in [3.63, 3.8) is 0 Å². The monoisotopic (exact) mass is 274 g/mol. The molecule has 0 spiro atoms. The highest BCUT2D eigenvalue weighted by atomic mass is 16.5. The van der Waals surface area contributed by atoms with E-state index in [0.717, 1.165) is 5.56 Å². The fraction of sp³-hybridized carbons (Fsp3) is 0.357. The molecular weight excluding hydrogens is 260 g/mol. The minimum absolute atomic E-state index is 0.286. The molecule has 104 valence electrons. The molecule has 1 saturated heterocycles. The van der Waals surface area contributed by atoms with Crippen LogP contribution in [0.25, 0.3) is 0 Å². The standard InChI is InChI=1S/C14H14N2O4/c17-13(16-7-8-3-5-15-6-4-8)11-9-1-2-10(20-9)12(11)14(18)19/h1-6,9-12H,7H2,(H,16,17)(H,18,19)/t9-,10+,11-,12-/m0/s1. The van der Waals surface area contributed by atoms with Crippen LogP contribution in [-0.4, -0.2) is 34.2 Å². The van der Waals surface area contributed by atoms with Crippen LogP contribution in [0.3, 0.4) is 0 Å². The summed E-state index contributed by atoms with van der Waals surface area (Å²) in [4.78, 5) is 27.4. The third-order valence-corrected chi connectivity index (χ3v) is 3.70. The first-order chi connectivity index (χ1) is 9.66. The summed E-state index contributed by atoms with van der Waals surface area (Å²) in [6, 6.07) is 3.60. The van der Waals surface area contributed by atoms with Crippen molar-refractivity contribution in [2.24, 2.45) is 11.8 Å². The summed E-state index contributed by atoms with van der Waals surface area (Å²) in [7, 11) is 0. The summed E-state index contributed by atoms with van der Waals surface area (Å²) in [5.41, 5.74) is 0.917. The fourth-order valence-corrected chi connectivity index (χ4v) is 2.72. The van der Waals surface area contributed by atoms with Gasteiger partial charge in [-0.05, 0) is 17.7 Å². The lowest BCUT2D eigenvalue weighted by Gasteiger charge is -2.20. The molecule has 0 radical (unpaired) electrons. The number of ether oxygens (including phenoxy) is 1. The molecule has 1 aromatic heterocycles. The Labute approximate surface area is 115 Å². The van der Waals surface area contributed by atoms with Crippen molar-refractivity contribution in [2.75, 3.05) is 0 Å². The Morgan fingerprint density at radius 2 is 1.85 bits per heavy atom. The van der Waals surface area contributed by atoms with Crippen molar-refractivity contribution in [3.05, 3.63) is 42.2 Å². The lowest BCUT2D eigenvalue weighted by molar-refractivity contribution is -0.146. The SMILES string of the molecule is O=C(NCc1ccncc1)[C@@H]1[C@@H](C(=O)O)[C@H]2C=C[C@@H]1O2. The average molecular weight is 274 g/mol. The molecule has 2 N–H and O–H groups in total. The summed E-state index contributed by atoms with van der Waals surface area (Å²) >= 11 is 0. The number of carboxylic acids is 1. The van der Waals surface area contributed by atoms with E-state index in [-0.39, 0.29) is 5.91 Å². The van der Waals surface area contributed by atoms with E-state index in [9.17, 15) is 14.7 Å². The van der Waals surface area contributed by atoms with Gasteiger partial charge in [-0.1, -0.05) is 12.2 Å². The molecule has 2 bridgehead atoms. The van der Waals surface area contributed by atoms with Gasteiger partial charge in [-0.2, -0.15) is 0 Å². The van der Waals surface area contributed by atoms with Gasteiger partial charge in [0.25, 0.3) is 0 Å². The fourth-order valence-electron chi connectivity index (χ4n) is 2.72. The van der Waals surface area contributed by atoms with Crippen LogP contribution in [0.2, 0.25) is 0 Å². The molecular formula is C14H14N2O4. The van der Waals surface area contributed by atoms with Gasteiger partial charge in [0.15, 0.2) is 0 Å². The van der Waals surface area contributed by atoms with Gasteiger partial charge in [-0.3, -0.25) is 14.6 Å². The first-order valence-corrected chi connectivity index (χ1v) is 6.40. The third kappa shape index (κ3) is 2.18. The number of carboxylic acid groups (broad SMARTS) is 1. The average Bonchev–Trinajstić information content (AvgIpc) is 3.06.